The predicted octanol–water partition coefficient (Wildman–Crippen LogP) is -0.00300. The van der Waals surface area contributed by atoms with Crippen LogP contribution in [0, 0.1) is 0 Å². The lowest BCUT2D eigenvalue weighted by Crippen LogP contribution is -2.22. The van der Waals surface area contributed by atoms with Crippen molar-refractivity contribution in [3.8, 4) is 0 Å². The monoisotopic (exact) mass is 236 g/mol. The number of carbonyl (C=O) groups is 2. The smallest absolute Gasteiger partial charge is 0.347 e. The second kappa shape index (κ2) is 4.61. The van der Waals surface area contributed by atoms with Crippen LogP contribution in [-0.4, -0.2) is 35.5 Å². The highest BCUT2D eigenvalue weighted by Gasteiger charge is 2.33. The van der Waals surface area contributed by atoms with Crippen molar-refractivity contribution in [1.82, 2.24) is 0 Å². The summed E-state index contributed by atoms with van der Waals surface area (Å²) in [5, 5.41) is 0.396. The van der Waals surface area contributed by atoms with Crippen molar-refractivity contribution in [2.24, 2.45) is 0 Å². The van der Waals surface area contributed by atoms with Gasteiger partial charge in [-0.3, -0.25) is 4.21 Å². The fraction of sp³-hybridized carbons (Fsp3) is 0.429. The Morgan fingerprint density at radius 2 is 1.79 bits per heavy atom. The highest BCUT2D eigenvalue weighted by molar-refractivity contribution is 8.31. The van der Waals surface area contributed by atoms with Crippen LogP contribution in [0.4, 0.5) is 0 Å². The van der Waals surface area contributed by atoms with Gasteiger partial charge in [0.25, 0.3) is 0 Å². The van der Waals surface area contributed by atoms with Crippen molar-refractivity contribution >= 4 is 34.5 Å². The summed E-state index contributed by atoms with van der Waals surface area (Å²) in [7, 11) is 1.04. The highest BCUT2D eigenvalue weighted by atomic mass is 32.3. The van der Waals surface area contributed by atoms with E-state index >= 15 is 0 Å². The van der Waals surface area contributed by atoms with Crippen LogP contribution in [0.25, 0.3) is 0 Å². The van der Waals surface area contributed by atoms with Gasteiger partial charge in [0.2, 0.25) is 0 Å². The van der Waals surface area contributed by atoms with E-state index in [0.717, 1.165) is 14.2 Å². The largest absolute Gasteiger partial charge is 0.465 e. The molecule has 1 heterocycles. The summed E-state index contributed by atoms with van der Waals surface area (Å²) < 4.78 is 20.2. The lowest BCUT2D eigenvalue weighted by atomic mass is 10.3. The number of hydrogen-bond acceptors (Lipinski definition) is 6. The van der Waals surface area contributed by atoms with Crippen LogP contribution in [-0.2, 0) is 29.9 Å². The van der Waals surface area contributed by atoms with Gasteiger partial charge >= 0.3 is 11.9 Å². The van der Waals surface area contributed by atoms with Crippen molar-refractivity contribution in [2.45, 2.75) is 0 Å². The van der Waals surface area contributed by atoms with Crippen LogP contribution in [0.3, 0.4) is 0 Å². The molecule has 0 aliphatic carbocycles. The number of methoxy groups -OCH3 is 2. The molecule has 1 saturated heterocycles. The summed E-state index contributed by atoms with van der Waals surface area (Å²) >= 11 is 1.19. The number of esters is 2. The average Bonchev–Trinajstić information content (AvgIpc) is 2.21. The predicted molar refractivity (Wildman–Crippen MR) is 51.7 cm³/mol. The first-order valence-electron chi connectivity index (χ1n) is 3.54. The van der Waals surface area contributed by atoms with Gasteiger partial charge in [0.05, 0.1) is 34.3 Å². The summed E-state index contributed by atoms with van der Waals surface area (Å²) in [5.41, 5.74) is -0.260. The zero-order valence-electron chi connectivity index (χ0n) is 7.56. The zero-order valence-corrected chi connectivity index (χ0v) is 9.20. The Morgan fingerprint density at radius 1 is 1.29 bits per heavy atom. The van der Waals surface area contributed by atoms with E-state index in [0.29, 0.717) is 5.08 Å². The molecule has 1 aliphatic heterocycles. The molecular weight excluding hydrogens is 228 g/mol. The maximum absolute atomic E-state index is 11.2. The molecule has 78 valence electrons. The number of carbonyl (C=O) groups excluding carboxylic acids is 2. The molecular formula is C7H8O5S2. The minimum Gasteiger partial charge on any atom is -0.465 e. The Labute approximate surface area is 87.3 Å². The lowest BCUT2D eigenvalue weighted by molar-refractivity contribution is -0.144. The molecule has 1 fully saturated rings. The van der Waals surface area contributed by atoms with Crippen LogP contribution >= 0.6 is 11.8 Å². The number of hydrogen-bond donors (Lipinski definition) is 0. The fourth-order valence-electron chi connectivity index (χ4n) is 0.806. The maximum Gasteiger partial charge on any atom is 0.347 e. The van der Waals surface area contributed by atoms with Gasteiger partial charge in [-0.05, 0) is 0 Å². The first kappa shape index (κ1) is 11.3. The molecule has 7 heteroatoms. The molecule has 1 aliphatic rings. The van der Waals surface area contributed by atoms with Gasteiger partial charge in [0.15, 0.2) is 5.57 Å². The molecule has 0 spiro atoms. The first-order valence-corrected chi connectivity index (χ1v) is 5.84. The van der Waals surface area contributed by atoms with E-state index in [4.69, 9.17) is 0 Å². The molecule has 0 amide bonds. The van der Waals surface area contributed by atoms with Gasteiger partial charge in [-0.2, -0.15) is 0 Å². The van der Waals surface area contributed by atoms with Crippen molar-refractivity contribution in [3.05, 3.63) is 9.81 Å². The van der Waals surface area contributed by atoms with E-state index in [2.05, 4.69) is 9.47 Å². The lowest BCUT2D eigenvalue weighted by Gasteiger charge is -2.17. The second-order valence-corrected chi connectivity index (χ2v) is 5.25. The Bertz CT molecular complexity index is 315. The quantitative estimate of drug-likeness (QED) is 0.291. The van der Waals surface area contributed by atoms with Crippen molar-refractivity contribution < 1.29 is 23.3 Å². The van der Waals surface area contributed by atoms with Crippen molar-refractivity contribution in [2.75, 3.05) is 19.3 Å². The molecule has 5 nitrogen and oxygen atoms in total. The molecule has 0 bridgehead atoms. The molecule has 1 rings (SSSR count). The van der Waals surface area contributed by atoms with Gasteiger partial charge in [0, 0.05) is 0 Å². The molecule has 1 atom stereocenters. The van der Waals surface area contributed by atoms with E-state index in [1.807, 2.05) is 0 Å². The molecule has 0 N–H and O–H groups in total. The van der Waals surface area contributed by atoms with Crippen LogP contribution in [0.2, 0.25) is 0 Å². The third-order valence-electron chi connectivity index (χ3n) is 1.49. The van der Waals surface area contributed by atoms with Crippen LogP contribution in [0.5, 0.6) is 0 Å². The van der Waals surface area contributed by atoms with E-state index in [1.165, 1.54) is 11.8 Å². The summed E-state index contributed by atoms with van der Waals surface area (Å²) in [6.45, 7) is 0. The van der Waals surface area contributed by atoms with Gasteiger partial charge in [-0.25, -0.2) is 9.59 Å². The number of ether oxygens (including phenoxy) is 2. The van der Waals surface area contributed by atoms with Gasteiger partial charge < -0.3 is 9.47 Å². The summed E-state index contributed by atoms with van der Waals surface area (Å²) in [5.74, 6) is -1.63. The SMILES string of the molecule is COC(=O)C(C(=O)OC)=C1SCS1=O. The third kappa shape index (κ3) is 1.98. The molecule has 0 saturated carbocycles. The minimum absolute atomic E-state index is 0.240. The third-order valence-corrected chi connectivity index (χ3v) is 4.81. The standard InChI is InChI=1S/C7H8O5S2/c1-11-5(8)4(6(9)12-2)7-13-3-14(7)10/h3H2,1-2H3. The maximum atomic E-state index is 11.2. The average molecular weight is 236 g/mol. The molecule has 14 heavy (non-hydrogen) atoms. The normalized spacial score (nSPS) is 19.6. The van der Waals surface area contributed by atoms with E-state index < -0.39 is 22.7 Å². The Kier molecular flexibility index (Phi) is 3.70. The number of thioether (sulfide) groups is 1. The second-order valence-electron chi connectivity index (χ2n) is 2.25. The van der Waals surface area contributed by atoms with Crippen LogP contribution < -0.4 is 0 Å². The summed E-state index contributed by atoms with van der Waals surface area (Å²) in [6.07, 6.45) is 0. The van der Waals surface area contributed by atoms with Crippen LogP contribution in [0.15, 0.2) is 9.81 Å². The highest BCUT2D eigenvalue weighted by Crippen LogP contribution is 2.36. The van der Waals surface area contributed by atoms with Gasteiger partial charge in [-0.15, -0.1) is 11.8 Å². The summed E-state index contributed by atoms with van der Waals surface area (Å²) in [4.78, 5) is 22.3. The van der Waals surface area contributed by atoms with Crippen molar-refractivity contribution in [1.29, 1.82) is 0 Å². The molecule has 0 aromatic heterocycles. The zero-order chi connectivity index (χ0) is 10.7. The molecule has 0 radical (unpaired) electrons. The van der Waals surface area contributed by atoms with Crippen LogP contribution in [0.1, 0.15) is 0 Å². The van der Waals surface area contributed by atoms with Gasteiger partial charge in [-0.1, -0.05) is 0 Å². The number of rotatable bonds is 2. The van der Waals surface area contributed by atoms with Gasteiger partial charge in [0.1, 0.15) is 0 Å². The van der Waals surface area contributed by atoms with E-state index in [1.54, 1.807) is 0 Å². The molecule has 0 aromatic carbocycles. The topological polar surface area (TPSA) is 69.7 Å². The molecule has 0 aromatic rings. The Hall–Kier alpha value is -0.820. The molecule has 1 unspecified atom stereocenters. The van der Waals surface area contributed by atoms with E-state index in [-0.39, 0.29) is 9.81 Å². The first-order chi connectivity index (χ1) is 6.61. The minimum atomic E-state index is -1.26. The van der Waals surface area contributed by atoms with Crippen molar-refractivity contribution in [3.63, 3.8) is 0 Å². The van der Waals surface area contributed by atoms with E-state index in [9.17, 15) is 13.8 Å². The summed E-state index contributed by atoms with van der Waals surface area (Å²) in [6, 6.07) is 0. The fourth-order valence-corrected chi connectivity index (χ4v) is 2.84. The Balaban J connectivity index is 3.05. The Morgan fingerprint density at radius 3 is 2.00 bits per heavy atom.